The predicted molar refractivity (Wildman–Crippen MR) is 90.0 cm³/mol. The van der Waals surface area contributed by atoms with Gasteiger partial charge in [-0.1, -0.05) is 30.3 Å². The van der Waals surface area contributed by atoms with E-state index in [4.69, 9.17) is 18.9 Å². The molecule has 0 spiro atoms. The first-order chi connectivity index (χ1) is 12.4. The summed E-state index contributed by atoms with van der Waals surface area (Å²) in [5.74, 6) is -0.837. The highest BCUT2D eigenvalue weighted by Gasteiger charge is 2.56. The third-order valence-corrected chi connectivity index (χ3v) is 4.41. The lowest BCUT2D eigenvalue weighted by atomic mass is 10.0. The van der Waals surface area contributed by atoms with Crippen molar-refractivity contribution < 1.29 is 34.0 Å². The zero-order valence-corrected chi connectivity index (χ0v) is 14.8. The summed E-state index contributed by atoms with van der Waals surface area (Å²) in [6.07, 6.45) is -3.57. The van der Waals surface area contributed by atoms with E-state index in [0.29, 0.717) is 0 Å². The second-order valence-corrected chi connectivity index (χ2v) is 6.88. The molecule has 0 aromatic heterocycles. The van der Waals surface area contributed by atoms with Gasteiger partial charge in [-0.2, -0.15) is 0 Å². The molecule has 144 valence electrons. The van der Waals surface area contributed by atoms with Crippen molar-refractivity contribution in [2.24, 2.45) is 0 Å². The van der Waals surface area contributed by atoms with Crippen LogP contribution in [-0.2, 0) is 25.6 Å². The van der Waals surface area contributed by atoms with Crippen molar-refractivity contribution in [2.45, 2.75) is 63.3 Å². The van der Waals surface area contributed by atoms with E-state index in [9.17, 15) is 15.0 Å². The lowest BCUT2D eigenvalue weighted by Crippen LogP contribution is -2.50. The van der Waals surface area contributed by atoms with Crippen molar-refractivity contribution in [3.63, 3.8) is 0 Å². The van der Waals surface area contributed by atoms with Gasteiger partial charge in [0, 0.05) is 6.61 Å². The zero-order chi connectivity index (χ0) is 18.7. The molecular formula is C18H25NO7. The average molecular weight is 367 g/mol. The average Bonchev–Trinajstić information content (AvgIpc) is 3.06. The third kappa shape index (κ3) is 4.33. The number of benzene rings is 1. The summed E-state index contributed by atoms with van der Waals surface area (Å²) in [5.41, 5.74) is 0.858. The van der Waals surface area contributed by atoms with E-state index in [1.807, 2.05) is 30.3 Å². The van der Waals surface area contributed by atoms with Crippen LogP contribution in [-0.4, -0.2) is 59.3 Å². The smallest absolute Gasteiger partial charge is 0.407 e. The number of rotatable bonds is 6. The van der Waals surface area contributed by atoms with Gasteiger partial charge in [0.2, 0.25) is 0 Å². The van der Waals surface area contributed by atoms with Crippen molar-refractivity contribution in [3.05, 3.63) is 35.9 Å². The Labute approximate surface area is 152 Å². The molecule has 1 amide bonds. The first-order valence-electron chi connectivity index (χ1n) is 8.67. The minimum atomic E-state index is -0.993. The van der Waals surface area contributed by atoms with Crippen molar-refractivity contribution in [3.8, 4) is 0 Å². The first-order valence-corrected chi connectivity index (χ1v) is 8.67. The van der Waals surface area contributed by atoms with E-state index >= 15 is 0 Å². The van der Waals surface area contributed by atoms with Crippen molar-refractivity contribution in [1.82, 2.24) is 5.32 Å². The Hall–Kier alpha value is -1.71. The molecule has 0 saturated carbocycles. The van der Waals surface area contributed by atoms with Gasteiger partial charge < -0.3 is 34.5 Å². The van der Waals surface area contributed by atoms with Crippen LogP contribution in [0.2, 0.25) is 0 Å². The number of nitrogens with one attached hydrogen (secondary N) is 1. The summed E-state index contributed by atoms with van der Waals surface area (Å²) in [7, 11) is 0. The molecule has 2 aliphatic rings. The molecule has 0 unspecified atom stereocenters. The fraction of sp³-hybridized carbons (Fsp3) is 0.611. The van der Waals surface area contributed by atoms with Gasteiger partial charge in [0.05, 0.1) is 6.04 Å². The Morgan fingerprint density at radius 2 is 2.04 bits per heavy atom. The summed E-state index contributed by atoms with van der Waals surface area (Å²) in [6, 6.07) is 8.64. The Balaban J connectivity index is 1.56. The van der Waals surface area contributed by atoms with Crippen LogP contribution in [0, 0.1) is 0 Å². The summed E-state index contributed by atoms with van der Waals surface area (Å²) >= 11 is 0. The lowest BCUT2D eigenvalue weighted by Gasteiger charge is -2.28. The van der Waals surface area contributed by atoms with Gasteiger partial charge in [0.15, 0.2) is 12.1 Å². The number of hydrogen-bond acceptors (Lipinski definition) is 7. The molecule has 2 fully saturated rings. The largest absolute Gasteiger partial charge is 0.445 e. The van der Waals surface area contributed by atoms with Gasteiger partial charge in [0.25, 0.3) is 0 Å². The third-order valence-electron chi connectivity index (χ3n) is 4.41. The molecule has 8 nitrogen and oxygen atoms in total. The highest BCUT2D eigenvalue weighted by molar-refractivity contribution is 5.67. The molecule has 1 aromatic rings. The monoisotopic (exact) mass is 367 g/mol. The molecule has 0 radical (unpaired) electrons. The molecule has 26 heavy (non-hydrogen) atoms. The van der Waals surface area contributed by atoms with Gasteiger partial charge >= 0.3 is 6.09 Å². The Morgan fingerprint density at radius 1 is 1.31 bits per heavy atom. The molecule has 1 aromatic carbocycles. The first kappa shape index (κ1) is 19.1. The number of alkyl carbamates (subject to hydrolysis) is 1. The van der Waals surface area contributed by atoms with Gasteiger partial charge in [-0.3, -0.25) is 0 Å². The number of hydrogen-bond donors (Lipinski definition) is 3. The number of carbonyl (C=O) groups is 1. The maximum absolute atomic E-state index is 12.1. The van der Waals surface area contributed by atoms with E-state index < -0.39 is 42.5 Å². The van der Waals surface area contributed by atoms with E-state index in [-0.39, 0.29) is 19.6 Å². The van der Waals surface area contributed by atoms with Crippen LogP contribution in [0.3, 0.4) is 0 Å². The Morgan fingerprint density at radius 3 is 2.69 bits per heavy atom. The number of ether oxygens (including phenoxy) is 4. The molecule has 2 heterocycles. The van der Waals surface area contributed by atoms with Gasteiger partial charge in [0.1, 0.15) is 24.9 Å². The highest BCUT2D eigenvalue weighted by Crippen LogP contribution is 2.38. The number of aliphatic hydroxyl groups excluding tert-OH is 2. The second kappa shape index (κ2) is 7.89. The number of fused-ring (bicyclic) bond motifs is 1. The van der Waals surface area contributed by atoms with Crippen LogP contribution in [0.15, 0.2) is 30.3 Å². The number of amides is 1. The van der Waals surface area contributed by atoms with Crippen molar-refractivity contribution in [2.75, 3.05) is 6.61 Å². The summed E-state index contributed by atoms with van der Waals surface area (Å²) < 4.78 is 22.2. The predicted octanol–water partition coefficient (Wildman–Crippen LogP) is 0.901. The topological polar surface area (TPSA) is 106 Å². The van der Waals surface area contributed by atoms with Crippen LogP contribution in [0.25, 0.3) is 0 Å². The molecule has 3 rings (SSSR count). The SMILES string of the molecule is CC1(C)O[C@H]2O[C@H]([C@@H](CCO)NC(=O)OCc3ccccc3)[C@H](O)[C@H]2O1. The van der Waals surface area contributed by atoms with Gasteiger partial charge in [-0.05, 0) is 25.8 Å². The molecule has 0 bridgehead atoms. The van der Waals surface area contributed by atoms with Gasteiger partial charge in [-0.15, -0.1) is 0 Å². The quantitative estimate of drug-likeness (QED) is 0.686. The van der Waals surface area contributed by atoms with Gasteiger partial charge in [-0.25, -0.2) is 4.79 Å². The Kier molecular flexibility index (Phi) is 5.79. The van der Waals surface area contributed by atoms with Crippen molar-refractivity contribution >= 4 is 6.09 Å². The maximum Gasteiger partial charge on any atom is 0.407 e. The van der Waals surface area contributed by atoms with E-state index in [1.165, 1.54) is 0 Å². The zero-order valence-electron chi connectivity index (χ0n) is 14.8. The van der Waals surface area contributed by atoms with E-state index in [0.717, 1.165) is 5.56 Å². The fourth-order valence-electron chi connectivity index (χ4n) is 3.22. The minimum Gasteiger partial charge on any atom is -0.445 e. The molecule has 2 saturated heterocycles. The summed E-state index contributed by atoms with van der Waals surface area (Å²) in [6.45, 7) is 3.42. The Bertz CT molecular complexity index is 609. The molecule has 0 aliphatic carbocycles. The maximum atomic E-state index is 12.1. The molecule has 3 N–H and O–H groups in total. The van der Waals surface area contributed by atoms with Crippen LogP contribution >= 0.6 is 0 Å². The molecule has 2 aliphatic heterocycles. The minimum absolute atomic E-state index is 0.123. The number of aliphatic hydroxyl groups is 2. The summed E-state index contributed by atoms with van der Waals surface area (Å²) in [4.78, 5) is 12.1. The fourth-order valence-corrected chi connectivity index (χ4v) is 3.22. The molecular weight excluding hydrogens is 342 g/mol. The van der Waals surface area contributed by atoms with Crippen LogP contribution < -0.4 is 5.32 Å². The molecule has 8 heteroatoms. The standard InChI is InChI=1S/C18H25NO7/c1-18(2)25-15-13(21)14(24-16(15)26-18)12(8-9-20)19-17(22)23-10-11-6-4-3-5-7-11/h3-7,12-16,20-21H,8-10H2,1-2H3,(H,19,22)/t12-,13+,14-,15-,16-/m1/s1. The van der Waals surface area contributed by atoms with E-state index in [2.05, 4.69) is 5.32 Å². The van der Waals surface area contributed by atoms with Crippen LogP contribution in [0.5, 0.6) is 0 Å². The van der Waals surface area contributed by atoms with Crippen molar-refractivity contribution in [1.29, 1.82) is 0 Å². The normalized spacial score (nSPS) is 30.6. The second-order valence-electron chi connectivity index (χ2n) is 6.88. The lowest BCUT2D eigenvalue weighted by molar-refractivity contribution is -0.218. The molecule has 5 atom stereocenters. The van der Waals surface area contributed by atoms with Crippen LogP contribution in [0.4, 0.5) is 4.79 Å². The highest BCUT2D eigenvalue weighted by atomic mass is 16.8. The van der Waals surface area contributed by atoms with E-state index in [1.54, 1.807) is 13.8 Å². The number of carbonyl (C=O) groups excluding carboxylic acids is 1. The summed E-state index contributed by atoms with van der Waals surface area (Å²) in [5, 5.41) is 22.5. The van der Waals surface area contributed by atoms with Crippen LogP contribution in [0.1, 0.15) is 25.8 Å².